The predicted octanol–water partition coefficient (Wildman–Crippen LogP) is 5.62. The fraction of sp³-hybridized carbons (Fsp3) is 0.143. The van der Waals surface area contributed by atoms with Crippen molar-refractivity contribution in [3.63, 3.8) is 0 Å². The largest absolute Gasteiger partial charge is 0.500 e. The van der Waals surface area contributed by atoms with E-state index in [0.717, 1.165) is 22.3 Å². The van der Waals surface area contributed by atoms with Crippen LogP contribution in [-0.2, 0) is 9.47 Å². The molecule has 0 aliphatic heterocycles. The average molecular weight is 422 g/mol. The van der Waals surface area contributed by atoms with E-state index in [2.05, 4.69) is 0 Å². The molecule has 4 nitrogen and oxygen atoms in total. The molecule has 0 radical (unpaired) electrons. The highest BCUT2D eigenvalue weighted by molar-refractivity contribution is 6.15. The van der Waals surface area contributed by atoms with Gasteiger partial charge in [-0.3, -0.25) is 9.59 Å². The van der Waals surface area contributed by atoms with Crippen LogP contribution in [0.5, 0.6) is 0 Å². The molecule has 3 aromatic rings. The van der Waals surface area contributed by atoms with Crippen molar-refractivity contribution in [1.29, 1.82) is 0 Å². The van der Waals surface area contributed by atoms with Crippen LogP contribution in [0.2, 0.25) is 0 Å². The lowest BCUT2D eigenvalue weighted by Gasteiger charge is -2.19. The van der Waals surface area contributed by atoms with Gasteiger partial charge in [-0.2, -0.15) is 0 Å². The van der Waals surface area contributed by atoms with Crippen molar-refractivity contribution < 1.29 is 19.1 Å². The molecule has 158 valence electrons. The minimum atomic E-state index is -0.571. The van der Waals surface area contributed by atoms with Gasteiger partial charge in [0.05, 0.1) is 14.2 Å². The number of fused-ring (bicyclic) bond motifs is 2. The summed E-state index contributed by atoms with van der Waals surface area (Å²) in [6, 6.07) is 22.5. The maximum Gasteiger partial charge on any atom is 0.178 e. The molecule has 0 spiro atoms. The zero-order valence-corrected chi connectivity index (χ0v) is 17.9. The number of ether oxygens (including phenoxy) is 2. The van der Waals surface area contributed by atoms with E-state index >= 15 is 0 Å². The molecule has 2 aliphatic rings. The van der Waals surface area contributed by atoms with Gasteiger partial charge < -0.3 is 9.47 Å². The number of hydrogen-bond acceptors (Lipinski definition) is 4. The monoisotopic (exact) mass is 422 g/mol. The Morgan fingerprint density at radius 2 is 0.969 bits per heavy atom. The van der Waals surface area contributed by atoms with Gasteiger partial charge in [-0.05, 0) is 34.4 Å². The number of carbonyl (C=O) groups excluding carboxylic acids is 2. The first-order valence-electron chi connectivity index (χ1n) is 10.5. The molecular formula is C28H22O4. The van der Waals surface area contributed by atoms with Crippen LogP contribution in [0, 0.1) is 0 Å². The fourth-order valence-corrected chi connectivity index (χ4v) is 4.71. The third kappa shape index (κ3) is 3.07. The number of Topliss-reactive ketones (excluding diaryl/α,β-unsaturated/α-hetero) is 2. The summed E-state index contributed by atoms with van der Waals surface area (Å²) in [5.74, 6) is -0.274. The summed E-state index contributed by atoms with van der Waals surface area (Å²) in [6.45, 7) is 0. The standard InChI is InChI=1S/C28H22O4/c1-31-23-15-17-9-3-5-11-19(17)25(23)27(29)21-13-7-8-14-22(21)28(30)26-20-12-6-4-10-18(20)16-24(26)32-2/h3-16,25-26H,1-2H3. The van der Waals surface area contributed by atoms with Crippen LogP contribution >= 0.6 is 0 Å². The second-order valence-corrected chi connectivity index (χ2v) is 7.90. The van der Waals surface area contributed by atoms with E-state index in [-0.39, 0.29) is 11.6 Å². The molecule has 0 amide bonds. The van der Waals surface area contributed by atoms with Crippen molar-refractivity contribution in [2.75, 3.05) is 14.2 Å². The SMILES string of the molecule is COC1=Cc2ccccc2C1C(=O)c1ccccc1C(=O)C1C(OC)=Cc2ccccc21. The first-order chi connectivity index (χ1) is 15.6. The number of carbonyl (C=O) groups is 2. The minimum absolute atomic E-state index is 0.152. The fourth-order valence-electron chi connectivity index (χ4n) is 4.71. The smallest absolute Gasteiger partial charge is 0.178 e. The number of methoxy groups -OCH3 is 2. The Hall–Kier alpha value is -3.92. The van der Waals surface area contributed by atoms with Gasteiger partial charge in [-0.1, -0.05) is 72.8 Å². The average Bonchev–Trinajstić information content (AvgIpc) is 3.41. The van der Waals surface area contributed by atoms with Crippen molar-refractivity contribution in [2.24, 2.45) is 0 Å². The Bertz CT molecular complexity index is 1200. The molecule has 3 aromatic carbocycles. The van der Waals surface area contributed by atoms with Gasteiger partial charge in [0.2, 0.25) is 0 Å². The van der Waals surface area contributed by atoms with Crippen molar-refractivity contribution in [2.45, 2.75) is 11.8 Å². The molecule has 0 N–H and O–H groups in total. The Morgan fingerprint density at radius 3 is 1.38 bits per heavy atom. The molecule has 32 heavy (non-hydrogen) atoms. The number of ketones is 2. The summed E-state index contributed by atoms with van der Waals surface area (Å²) < 4.78 is 11.1. The normalized spacial score (nSPS) is 18.3. The van der Waals surface area contributed by atoms with Crippen molar-refractivity contribution in [3.05, 3.63) is 118 Å². The van der Waals surface area contributed by atoms with E-state index < -0.39 is 11.8 Å². The van der Waals surface area contributed by atoms with E-state index in [4.69, 9.17) is 9.47 Å². The second kappa shape index (κ2) is 7.97. The number of allylic oxidation sites excluding steroid dienone is 2. The quantitative estimate of drug-likeness (QED) is 0.484. The first-order valence-corrected chi connectivity index (χ1v) is 10.5. The number of benzene rings is 3. The molecule has 0 fully saturated rings. The summed E-state index contributed by atoms with van der Waals surface area (Å²) in [4.78, 5) is 27.6. The van der Waals surface area contributed by atoms with E-state index in [1.54, 1.807) is 38.5 Å². The lowest BCUT2D eigenvalue weighted by Crippen LogP contribution is -2.21. The third-order valence-electron chi connectivity index (χ3n) is 6.23. The summed E-state index contributed by atoms with van der Waals surface area (Å²) in [7, 11) is 3.14. The van der Waals surface area contributed by atoms with Crippen molar-refractivity contribution in [1.82, 2.24) is 0 Å². The Labute approximate surface area is 186 Å². The zero-order valence-electron chi connectivity index (χ0n) is 17.9. The van der Waals surface area contributed by atoms with Gasteiger partial charge in [-0.25, -0.2) is 0 Å². The Kier molecular flexibility index (Phi) is 4.98. The van der Waals surface area contributed by atoms with Gasteiger partial charge >= 0.3 is 0 Å². The van der Waals surface area contributed by atoms with Gasteiger partial charge in [0, 0.05) is 11.1 Å². The summed E-state index contributed by atoms with van der Waals surface area (Å²) in [5, 5.41) is 0. The second-order valence-electron chi connectivity index (χ2n) is 7.90. The number of rotatable bonds is 6. The maximum atomic E-state index is 13.8. The molecule has 0 bridgehead atoms. The summed E-state index contributed by atoms with van der Waals surface area (Å²) in [5.41, 5.74) is 4.48. The van der Waals surface area contributed by atoms with Gasteiger partial charge in [0.1, 0.15) is 23.4 Å². The summed E-state index contributed by atoms with van der Waals surface area (Å²) in [6.07, 6.45) is 3.78. The molecule has 2 aliphatic carbocycles. The lowest BCUT2D eigenvalue weighted by molar-refractivity contribution is 0.0914. The van der Waals surface area contributed by atoms with Crippen LogP contribution < -0.4 is 0 Å². The molecule has 4 heteroatoms. The predicted molar refractivity (Wildman–Crippen MR) is 123 cm³/mol. The first kappa shape index (κ1) is 20.0. The number of hydrogen-bond donors (Lipinski definition) is 0. The van der Waals surface area contributed by atoms with Crippen LogP contribution in [0.25, 0.3) is 12.2 Å². The van der Waals surface area contributed by atoms with E-state index in [0.29, 0.717) is 22.6 Å². The van der Waals surface area contributed by atoms with Crippen LogP contribution in [0.15, 0.2) is 84.3 Å². The van der Waals surface area contributed by atoms with E-state index in [1.165, 1.54) is 0 Å². The molecular weight excluding hydrogens is 400 g/mol. The molecule has 0 saturated heterocycles. The third-order valence-corrected chi connectivity index (χ3v) is 6.23. The van der Waals surface area contributed by atoms with Crippen LogP contribution in [0.4, 0.5) is 0 Å². The highest BCUT2D eigenvalue weighted by atomic mass is 16.5. The molecule has 0 saturated carbocycles. The van der Waals surface area contributed by atoms with Gasteiger partial charge in [0.25, 0.3) is 0 Å². The summed E-state index contributed by atoms with van der Waals surface area (Å²) >= 11 is 0. The zero-order chi connectivity index (χ0) is 22.2. The lowest BCUT2D eigenvalue weighted by atomic mass is 9.84. The molecule has 5 rings (SSSR count). The Morgan fingerprint density at radius 1 is 0.594 bits per heavy atom. The van der Waals surface area contributed by atoms with Gasteiger partial charge in [0.15, 0.2) is 11.6 Å². The molecule has 2 atom stereocenters. The molecule has 0 aromatic heterocycles. The minimum Gasteiger partial charge on any atom is -0.500 e. The molecule has 2 unspecified atom stereocenters. The van der Waals surface area contributed by atoms with E-state index in [9.17, 15) is 9.59 Å². The highest BCUT2D eigenvalue weighted by Gasteiger charge is 2.38. The van der Waals surface area contributed by atoms with E-state index in [1.807, 2.05) is 60.7 Å². The topological polar surface area (TPSA) is 52.6 Å². The Balaban J connectivity index is 1.57. The van der Waals surface area contributed by atoms with Crippen LogP contribution in [0.1, 0.15) is 54.8 Å². The van der Waals surface area contributed by atoms with Crippen molar-refractivity contribution >= 4 is 23.7 Å². The van der Waals surface area contributed by atoms with Crippen LogP contribution in [0.3, 0.4) is 0 Å². The maximum absolute atomic E-state index is 13.8. The van der Waals surface area contributed by atoms with Gasteiger partial charge in [-0.15, -0.1) is 0 Å². The van der Waals surface area contributed by atoms with Crippen molar-refractivity contribution in [3.8, 4) is 0 Å². The van der Waals surface area contributed by atoms with Crippen LogP contribution in [-0.4, -0.2) is 25.8 Å². The highest BCUT2D eigenvalue weighted by Crippen LogP contribution is 2.42. The molecule has 0 heterocycles.